The van der Waals surface area contributed by atoms with E-state index >= 15 is 0 Å². The van der Waals surface area contributed by atoms with Gasteiger partial charge in [-0.25, -0.2) is 0 Å². The summed E-state index contributed by atoms with van der Waals surface area (Å²) in [4.78, 5) is 1.31. The second kappa shape index (κ2) is 7.39. The third-order valence-electron chi connectivity index (χ3n) is 2.25. The predicted octanol–water partition coefficient (Wildman–Crippen LogP) is 0.700. The molecule has 1 atom stereocenters. The molecule has 0 amide bonds. The van der Waals surface area contributed by atoms with E-state index in [1.165, 1.54) is 4.80 Å². The van der Waals surface area contributed by atoms with Crippen LogP contribution in [0.1, 0.15) is 19.2 Å². The Balaban J connectivity index is 2.42. The Morgan fingerprint density at radius 2 is 2.16 bits per heavy atom. The van der Waals surface area contributed by atoms with E-state index in [1.54, 1.807) is 7.05 Å². The number of rotatable bonds is 8. The Bertz CT molecular complexity index is 368. The van der Waals surface area contributed by atoms with Crippen LogP contribution < -0.4 is 5.32 Å². The van der Waals surface area contributed by atoms with Crippen LogP contribution in [0.5, 0.6) is 0 Å². The average molecular weight is 281 g/mol. The van der Waals surface area contributed by atoms with Crippen molar-refractivity contribution >= 4 is 0 Å². The van der Waals surface area contributed by atoms with Gasteiger partial charge in [0.15, 0.2) is 5.82 Å². The Morgan fingerprint density at radius 3 is 2.68 bits per heavy atom. The molecule has 0 radical (unpaired) electrons. The predicted molar refractivity (Wildman–Crippen MR) is 61.5 cm³/mol. The maximum absolute atomic E-state index is 12.0. The Kier molecular flexibility index (Phi) is 6.16. The topological polar surface area (TPSA) is 64.9 Å². The van der Waals surface area contributed by atoms with Gasteiger partial charge in [-0.2, -0.15) is 18.0 Å². The molecule has 0 aliphatic rings. The monoisotopic (exact) mass is 281 g/mol. The number of aryl methyl sites for hydroxylation is 1. The highest BCUT2D eigenvalue weighted by Crippen LogP contribution is 2.14. The molecule has 1 unspecified atom stereocenters. The standard InChI is InChI=1S/C10H18F3N5O/c1-3-4-14-8(6-19-7-10(11,12)13)5-9-15-17-18(2)16-9/h8,14H,3-7H2,1-2H3. The molecule has 0 fully saturated rings. The van der Waals surface area contributed by atoms with Gasteiger partial charge in [0.05, 0.1) is 13.7 Å². The molecule has 0 aromatic carbocycles. The molecule has 0 aliphatic heterocycles. The summed E-state index contributed by atoms with van der Waals surface area (Å²) in [5, 5.41) is 14.6. The van der Waals surface area contributed by atoms with Gasteiger partial charge in [-0.3, -0.25) is 0 Å². The van der Waals surface area contributed by atoms with Crippen LogP contribution in [0.15, 0.2) is 0 Å². The first-order chi connectivity index (χ1) is 8.90. The molecule has 19 heavy (non-hydrogen) atoms. The number of ether oxygens (including phenoxy) is 1. The maximum Gasteiger partial charge on any atom is 0.411 e. The third-order valence-corrected chi connectivity index (χ3v) is 2.25. The molecule has 6 nitrogen and oxygen atoms in total. The van der Waals surface area contributed by atoms with Crippen molar-refractivity contribution in [2.24, 2.45) is 7.05 Å². The van der Waals surface area contributed by atoms with E-state index in [-0.39, 0.29) is 12.6 Å². The highest BCUT2D eigenvalue weighted by Gasteiger charge is 2.28. The van der Waals surface area contributed by atoms with Crippen molar-refractivity contribution in [1.82, 2.24) is 25.5 Å². The summed E-state index contributed by atoms with van der Waals surface area (Å²) in [6.45, 7) is 1.38. The molecule has 1 heterocycles. The lowest BCUT2D eigenvalue weighted by molar-refractivity contribution is -0.175. The number of halogens is 3. The summed E-state index contributed by atoms with van der Waals surface area (Å²) >= 11 is 0. The molecule has 0 saturated carbocycles. The number of hydrogen-bond donors (Lipinski definition) is 1. The lowest BCUT2D eigenvalue weighted by Crippen LogP contribution is -2.37. The first-order valence-corrected chi connectivity index (χ1v) is 6.01. The molecule has 110 valence electrons. The number of nitrogens with one attached hydrogen (secondary N) is 1. The number of hydrogen-bond acceptors (Lipinski definition) is 5. The third kappa shape index (κ3) is 7.06. The minimum Gasteiger partial charge on any atom is -0.370 e. The summed E-state index contributed by atoms with van der Waals surface area (Å²) in [6.07, 6.45) is -3.05. The average Bonchev–Trinajstić information content (AvgIpc) is 2.70. The Labute approximate surface area is 109 Å². The smallest absolute Gasteiger partial charge is 0.370 e. The Hall–Kier alpha value is -1.22. The lowest BCUT2D eigenvalue weighted by atomic mass is 10.2. The van der Waals surface area contributed by atoms with Gasteiger partial charge in [-0.15, -0.1) is 10.2 Å². The van der Waals surface area contributed by atoms with Crippen molar-refractivity contribution in [2.45, 2.75) is 32.0 Å². The minimum atomic E-state index is -4.31. The van der Waals surface area contributed by atoms with Gasteiger partial charge in [-0.1, -0.05) is 6.92 Å². The minimum absolute atomic E-state index is 0.0439. The number of nitrogens with zero attached hydrogens (tertiary/aromatic N) is 4. The summed E-state index contributed by atoms with van der Waals surface area (Å²) in [5.74, 6) is 0.478. The van der Waals surface area contributed by atoms with E-state index in [1.807, 2.05) is 6.92 Å². The van der Waals surface area contributed by atoms with Crippen molar-refractivity contribution in [3.63, 3.8) is 0 Å². The van der Waals surface area contributed by atoms with Crippen LogP contribution in [0.4, 0.5) is 13.2 Å². The van der Waals surface area contributed by atoms with Crippen molar-refractivity contribution in [1.29, 1.82) is 0 Å². The van der Waals surface area contributed by atoms with Gasteiger partial charge in [0, 0.05) is 12.5 Å². The molecule has 1 aromatic rings. The van der Waals surface area contributed by atoms with E-state index in [0.717, 1.165) is 6.42 Å². The molecule has 0 spiro atoms. The van der Waals surface area contributed by atoms with Crippen LogP contribution in [-0.2, 0) is 18.2 Å². The zero-order valence-electron chi connectivity index (χ0n) is 10.9. The van der Waals surface area contributed by atoms with Crippen LogP contribution in [-0.4, -0.2) is 52.2 Å². The number of tetrazole rings is 1. The van der Waals surface area contributed by atoms with Gasteiger partial charge in [0.25, 0.3) is 0 Å². The van der Waals surface area contributed by atoms with Crippen molar-refractivity contribution in [2.75, 3.05) is 19.8 Å². The highest BCUT2D eigenvalue weighted by molar-refractivity contribution is 4.84. The SMILES string of the molecule is CCCNC(COCC(F)(F)F)Cc1nnn(C)n1. The number of aromatic nitrogens is 4. The molecule has 1 rings (SSSR count). The second-order valence-electron chi connectivity index (χ2n) is 4.18. The van der Waals surface area contributed by atoms with Gasteiger partial charge in [0.2, 0.25) is 0 Å². The van der Waals surface area contributed by atoms with E-state index in [4.69, 9.17) is 0 Å². The molecule has 0 saturated heterocycles. The molecule has 1 N–H and O–H groups in total. The fourth-order valence-electron chi connectivity index (χ4n) is 1.48. The molecular formula is C10H18F3N5O. The molecule has 0 aliphatic carbocycles. The van der Waals surface area contributed by atoms with E-state index < -0.39 is 12.8 Å². The van der Waals surface area contributed by atoms with Crippen molar-refractivity contribution in [3.8, 4) is 0 Å². The van der Waals surface area contributed by atoms with Crippen LogP contribution in [0.2, 0.25) is 0 Å². The van der Waals surface area contributed by atoms with Gasteiger partial charge in [0.1, 0.15) is 6.61 Å². The van der Waals surface area contributed by atoms with E-state index in [9.17, 15) is 13.2 Å². The van der Waals surface area contributed by atoms with E-state index in [2.05, 4.69) is 25.5 Å². The highest BCUT2D eigenvalue weighted by atomic mass is 19.4. The quantitative estimate of drug-likeness (QED) is 0.760. The Morgan fingerprint density at radius 1 is 1.42 bits per heavy atom. The maximum atomic E-state index is 12.0. The largest absolute Gasteiger partial charge is 0.411 e. The molecule has 1 aromatic heterocycles. The van der Waals surface area contributed by atoms with Crippen molar-refractivity contribution < 1.29 is 17.9 Å². The lowest BCUT2D eigenvalue weighted by Gasteiger charge is -2.17. The second-order valence-corrected chi connectivity index (χ2v) is 4.18. The van der Waals surface area contributed by atoms with Crippen molar-refractivity contribution in [3.05, 3.63) is 5.82 Å². The molecule has 9 heteroatoms. The van der Waals surface area contributed by atoms with Gasteiger partial charge < -0.3 is 10.1 Å². The zero-order chi connectivity index (χ0) is 14.3. The molecule has 0 bridgehead atoms. The summed E-state index contributed by atoms with van der Waals surface area (Å²) in [6, 6.07) is -0.258. The van der Waals surface area contributed by atoms with E-state index in [0.29, 0.717) is 18.8 Å². The van der Waals surface area contributed by atoms with Gasteiger partial charge in [-0.05, 0) is 18.2 Å². The van der Waals surface area contributed by atoms with Crippen LogP contribution in [0.25, 0.3) is 0 Å². The zero-order valence-corrected chi connectivity index (χ0v) is 10.9. The number of alkyl halides is 3. The summed E-state index contributed by atoms with van der Waals surface area (Å²) < 4.78 is 40.7. The summed E-state index contributed by atoms with van der Waals surface area (Å²) in [5.41, 5.74) is 0. The van der Waals surface area contributed by atoms with Crippen LogP contribution in [0.3, 0.4) is 0 Å². The first-order valence-electron chi connectivity index (χ1n) is 6.01. The summed E-state index contributed by atoms with van der Waals surface area (Å²) in [7, 11) is 1.63. The van der Waals surface area contributed by atoms with Crippen LogP contribution in [0, 0.1) is 0 Å². The first kappa shape index (κ1) is 15.8. The molecular weight excluding hydrogens is 263 g/mol. The fourth-order valence-corrected chi connectivity index (χ4v) is 1.48. The fraction of sp³-hybridized carbons (Fsp3) is 0.900. The normalized spacial score (nSPS) is 13.7. The van der Waals surface area contributed by atoms with Gasteiger partial charge >= 0.3 is 6.18 Å². The van der Waals surface area contributed by atoms with Crippen LogP contribution >= 0.6 is 0 Å².